The molecule has 3 saturated heterocycles. The van der Waals surface area contributed by atoms with Gasteiger partial charge in [0.1, 0.15) is 0 Å². The third-order valence-corrected chi connectivity index (χ3v) is 8.79. The third kappa shape index (κ3) is 4.92. The van der Waals surface area contributed by atoms with Gasteiger partial charge in [-0.2, -0.15) is 0 Å². The third-order valence-electron chi connectivity index (χ3n) is 8.79. The molecule has 3 atom stereocenters. The minimum absolute atomic E-state index is 0.0722. The Labute approximate surface area is 225 Å². The Morgan fingerprint density at radius 1 is 0.763 bits per heavy atom. The number of fused-ring (bicyclic) bond motifs is 2. The van der Waals surface area contributed by atoms with E-state index in [1.165, 1.54) is 0 Å². The highest BCUT2D eigenvalue weighted by molar-refractivity contribution is 6.18. The molecule has 0 saturated carbocycles. The van der Waals surface area contributed by atoms with Crippen molar-refractivity contribution in [2.24, 2.45) is 5.92 Å². The number of amides is 2. The number of piperidine rings is 2. The smallest absolute Gasteiger partial charge is 0.255 e. The Hall–Kier alpha value is -2.96. The van der Waals surface area contributed by atoms with Crippen molar-refractivity contribution < 1.29 is 14.3 Å². The van der Waals surface area contributed by atoms with E-state index in [1.807, 2.05) is 34.1 Å². The van der Waals surface area contributed by atoms with Gasteiger partial charge in [-0.25, -0.2) is 0 Å². The van der Waals surface area contributed by atoms with Crippen LogP contribution >= 0.6 is 0 Å². The van der Waals surface area contributed by atoms with Crippen molar-refractivity contribution in [3.05, 3.63) is 60.2 Å². The maximum atomic E-state index is 13.9. The lowest BCUT2D eigenvalue weighted by atomic mass is 9.92. The molecule has 3 unspecified atom stereocenters. The quantitative estimate of drug-likeness (QED) is 0.466. The zero-order chi connectivity index (χ0) is 26.2. The molecule has 38 heavy (non-hydrogen) atoms. The Morgan fingerprint density at radius 3 is 2.00 bits per heavy atom. The fourth-order valence-corrected chi connectivity index (χ4v) is 6.99. The van der Waals surface area contributed by atoms with Crippen LogP contribution in [0.25, 0.3) is 21.5 Å². The maximum absolute atomic E-state index is 13.9. The summed E-state index contributed by atoms with van der Waals surface area (Å²) in [6.45, 7) is 8.91. The summed E-state index contributed by atoms with van der Waals surface area (Å²) in [6.07, 6.45) is 4.15. The molecule has 0 aliphatic carbocycles. The molecule has 200 valence electrons. The Kier molecular flexibility index (Phi) is 7.10. The van der Waals surface area contributed by atoms with Crippen molar-refractivity contribution in [1.82, 2.24) is 14.7 Å². The van der Waals surface area contributed by atoms with E-state index in [2.05, 4.69) is 49.1 Å². The molecule has 3 fully saturated rings. The van der Waals surface area contributed by atoms with Gasteiger partial charge in [-0.15, -0.1) is 0 Å². The molecule has 0 radical (unpaired) electrons. The molecule has 3 aromatic rings. The number of ether oxygens (including phenoxy) is 1. The molecule has 3 heterocycles. The Balaban J connectivity index is 1.13. The molecule has 2 amide bonds. The van der Waals surface area contributed by atoms with Crippen LogP contribution in [0.4, 0.5) is 0 Å². The molecule has 6 rings (SSSR count). The van der Waals surface area contributed by atoms with Crippen LogP contribution in [0.5, 0.6) is 0 Å². The van der Waals surface area contributed by atoms with Gasteiger partial charge in [0.05, 0.1) is 23.7 Å². The molecule has 0 aromatic heterocycles. The van der Waals surface area contributed by atoms with Crippen molar-refractivity contribution in [3.63, 3.8) is 0 Å². The van der Waals surface area contributed by atoms with E-state index < -0.39 is 0 Å². The maximum Gasteiger partial charge on any atom is 0.255 e. The second-order valence-electron chi connectivity index (χ2n) is 11.6. The lowest BCUT2D eigenvalue weighted by Crippen LogP contribution is -2.54. The minimum atomic E-state index is 0.0722. The summed E-state index contributed by atoms with van der Waals surface area (Å²) < 4.78 is 5.84. The van der Waals surface area contributed by atoms with Gasteiger partial charge >= 0.3 is 0 Å². The lowest BCUT2D eigenvalue weighted by molar-refractivity contribution is -0.149. The normalized spacial score (nSPS) is 25.7. The monoisotopic (exact) mass is 513 g/mol. The summed E-state index contributed by atoms with van der Waals surface area (Å²) in [5, 5.41) is 4.28. The first kappa shape index (κ1) is 25.3. The topological polar surface area (TPSA) is 53.1 Å². The first-order valence-electron chi connectivity index (χ1n) is 14.4. The summed E-state index contributed by atoms with van der Waals surface area (Å²) in [6, 6.07) is 19.1. The Bertz CT molecular complexity index is 1270. The van der Waals surface area contributed by atoms with E-state index in [0.29, 0.717) is 25.0 Å². The SMILES string of the molecule is CC1CN(C(=O)C2CCCN(C3CCN(C(=O)c4c5ccccc5cc5ccccc45)CC3)C2)CC(C)O1. The minimum Gasteiger partial charge on any atom is -0.372 e. The van der Waals surface area contributed by atoms with Gasteiger partial charge in [-0.1, -0.05) is 48.5 Å². The van der Waals surface area contributed by atoms with Gasteiger partial charge in [-0.3, -0.25) is 14.5 Å². The van der Waals surface area contributed by atoms with Crippen molar-refractivity contribution in [3.8, 4) is 0 Å². The molecule has 3 aliphatic rings. The number of hydrogen-bond donors (Lipinski definition) is 0. The summed E-state index contributed by atoms with van der Waals surface area (Å²) in [5.74, 6) is 0.508. The molecule has 0 spiro atoms. The van der Waals surface area contributed by atoms with Crippen LogP contribution in [0.3, 0.4) is 0 Å². The van der Waals surface area contributed by atoms with Crippen LogP contribution in [-0.4, -0.2) is 84.0 Å². The average molecular weight is 514 g/mol. The predicted octanol–water partition coefficient (Wildman–Crippen LogP) is 4.95. The van der Waals surface area contributed by atoms with Crippen molar-refractivity contribution in [2.45, 2.75) is 57.8 Å². The largest absolute Gasteiger partial charge is 0.372 e. The fourth-order valence-electron chi connectivity index (χ4n) is 6.99. The zero-order valence-corrected chi connectivity index (χ0v) is 22.6. The van der Waals surface area contributed by atoms with Crippen molar-refractivity contribution >= 4 is 33.4 Å². The summed E-state index contributed by atoms with van der Waals surface area (Å²) in [5.41, 5.74) is 0.828. The molecular weight excluding hydrogens is 474 g/mol. The van der Waals surface area contributed by atoms with E-state index in [4.69, 9.17) is 4.74 Å². The average Bonchev–Trinajstić information content (AvgIpc) is 2.95. The van der Waals surface area contributed by atoms with E-state index >= 15 is 0 Å². The van der Waals surface area contributed by atoms with Gasteiger partial charge in [0.25, 0.3) is 5.91 Å². The number of hydrogen-bond acceptors (Lipinski definition) is 4. The number of carbonyl (C=O) groups excluding carboxylic acids is 2. The molecule has 0 bridgehead atoms. The second-order valence-corrected chi connectivity index (χ2v) is 11.6. The van der Waals surface area contributed by atoms with Gasteiger partial charge < -0.3 is 14.5 Å². The summed E-state index contributed by atoms with van der Waals surface area (Å²) in [7, 11) is 0. The van der Waals surface area contributed by atoms with Crippen LogP contribution in [0.15, 0.2) is 54.6 Å². The number of rotatable bonds is 3. The standard InChI is InChI=1S/C32H39N3O3/c1-22-19-35(20-23(2)38-22)31(36)26-10-7-15-34(21-26)27-13-16-33(17-14-27)32(37)30-28-11-5-3-8-24(28)18-25-9-4-6-12-29(25)30/h3-6,8-9,11-12,18,22-23,26-27H,7,10,13-17,19-21H2,1-2H3. The van der Waals surface area contributed by atoms with Crippen LogP contribution in [0, 0.1) is 5.92 Å². The molecular formula is C32H39N3O3. The number of morpholine rings is 1. The first-order chi connectivity index (χ1) is 18.5. The summed E-state index contributed by atoms with van der Waals surface area (Å²) >= 11 is 0. The molecule has 6 heteroatoms. The second kappa shape index (κ2) is 10.7. The highest BCUT2D eigenvalue weighted by atomic mass is 16.5. The van der Waals surface area contributed by atoms with E-state index in [1.54, 1.807) is 0 Å². The number of benzene rings is 3. The van der Waals surface area contributed by atoms with Gasteiger partial charge in [0.2, 0.25) is 5.91 Å². The summed E-state index contributed by atoms with van der Waals surface area (Å²) in [4.78, 5) is 33.9. The lowest BCUT2D eigenvalue weighted by Gasteiger charge is -2.44. The molecule has 6 nitrogen and oxygen atoms in total. The van der Waals surface area contributed by atoms with Crippen molar-refractivity contribution in [1.29, 1.82) is 0 Å². The van der Waals surface area contributed by atoms with Crippen LogP contribution in [0.1, 0.15) is 49.9 Å². The fraction of sp³-hybridized carbons (Fsp3) is 0.500. The van der Waals surface area contributed by atoms with Gasteiger partial charge in [0, 0.05) is 38.8 Å². The highest BCUT2D eigenvalue weighted by Crippen LogP contribution is 2.31. The van der Waals surface area contributed by atoms with E-state index in [9.17, 15) is 9.59 Å². The van der Waals surface area contributed by atoms with E-state index in [-0.39, 0.29) is 24.0 Å². The van der Waals surface area contributed by atoms with Crippen LogP contribution < -0.4 is 0 Å². The number of carbonyl (C=O) groups is 2. The van der Waals surface area contributed by atoms with E-state index in [0.717, 1.165) is 79.0 Å². The van der Waals surface area contributed by atoms with Crippen molar-refractivity contribution in [2.75, 3.05) is 39.3 Å². The van der Waals surface area contributed by atoms with Gasteiger partial charge in [-0.05, 0) is 73.7 Å². The zero-order valence-electron chi connectivity index (χ0n) is 22.6. The number of likely N-dealkylation sites (tertiary alicyclic amines) is 2. The molecule has 3 aliphatic heterocycles. The molecule has 0 N–H and O–H groups in total. The predicted molar refractivity (Wildman–Crippen MR) is 151 cm³/mol. The van der Waals surface area contributed by atoms with Crippen LogP contribution in [-0.2, 0) is 9.53 Å². The Morgan fingerprint density at radius 2 is 1.37 bits per heavy atom. The van der Waals surface area contributed by atoms with Crippen LogP contribution in [0.2, 0.25) is 0 Å². The molecule has 3 aromatic carbocycles. The van der Waals surface area contributed by atoms with Gasteiger partial charge in [0.15, 0.2) is 0 Å². The number of nitrogens with zero attached hydrogens (tertiary/aromatic N) is 3. The highest BCUT2D eigenvalue weighted by Gasteiger charge is 2.36. The first-order valence-corrected chi connectivity index (χ1v) is 14.4.